The van der Waals surface area contributed by atoms with Crippen LogP contribution in [0.1, 0.15) is 20.7 Å². The van der Waals surface area contributed by atoms with Gasteiger partial charge in [-0.15, -0.1) is 0 Å². The first kappa shape index (κ1) is 24.6. The first-order valence-electron chi connectivity index (χ1n) is 9.31. The molecule has 0 saturated carbocycles. The zero-order chi connectivity index (χ0) is 24.3. The molecule has 0 aromatic heterocycles. The largest absolute Gasteiger partial charge is 0.496 e. The molecule has 3 aromatic carbocycles. The topological polar surface area (TPSA) is 113 Å². The second kappa shape index (κ2) is 9.82. The molecule has 33 heavy (non-hydrogen) atoms. The maximum Gasteiger partial charge on any atom is 0.337 e. The molecule has 0 atom stereocenters. The van der Waals surface area contributed by atoms with Gasteiger partial charge < -0.3 is 15.2 Å². The summed E-state index contributed by atoms with van der Waals surface area (Å²) in [4.78, 5) is 24.4. The van der Waals surface area contributed by atoms with Crippen LogP contribution in [0.2, 0.25) is 5.02 Å². The fourth-order valence-electron chi connectivity index (χ4n) is 2.96. The molecule has 0 saturated heterocycles. The Bertz CT molecular complexity index is 1330. The van der Waals surface area contributed by atoms with Crippen molar-refractivity contribution in [3.05, 3.63) is 81.3 Å². The van der Waals surface area contributed by atoms with Gasteiger partial charge in [0, 0.05) is 16.5 Å². The van der Waals surface area contributed by atoms with E-state index in [2.05, 4.69) is 21.2 Å². The van der Waals surface area contributed by atoms with Crippen LogP contribution < -0.4 is 14.4 Å². The summed E-state index contributed by atoms with van der Waals surface area (Å²) < 4.78 is 33.1. The average Bonchev–Trinajstić information content (AvgIpc) is 2.79. The Balaban J connectivity index is 2.00. The number of hydrogen-bond donors (Lipinski definition) is 2. The van der Waals surface area contributed by atoms with Gasteiger partial charge in [0.2, 0.25) is 0 Å². The van der Waals surface area contributed by atoms with E-state index in [1.54, 1.807) is 30.3 Å². The molecule has 0 spiro atoms. The Morgan fingerprint density at radius 3 is 2.30 bits per heavy atom. The van der Waals surface area contributed by atoms with Crippen LogP contribution in [-0.4, -0.2) is 39.6 Å². The monoisotopic (exact) mass is 552 g/mol. The number of carbonyl (C=O) groups excluding carboxylic acids is 1. The number of methoxy groups -OCH3 is 1. The summed E-state index contributed by atoms with van der Waals surface area (Å²) in [5, 5.41) is 12.4. The Morgan fingerprint density at radius 2 is 1.70 bits per heavy atom. The highest BCUT2D eigenvalue weighted by Gasteiger charge is 2.25. The van der Waals surface area contributed by atoms with E-state index in [0.717, 1.165) is 4.31 Å². The minimum atomic E-state index is -4.03. The molecule has 3 rings (SSSR count). The van der Waals surface area contributed by atoms with Crippen molar-refractivity contribution >= 4 is 60.8 Å². The van der Waals surface area contributed by atoms with Crippen LogP contribution in [0.15, 0.2) is 70.0 Å². The molecular weight excluding hydrogens is 536 g/mol. The maximum absolute atomic E-state index is 13.2. The van der Waals surface area contributed by atoms with Crippen LogP contribution in [-0.2, 0) is 10.0 Å². The molecule has 11 heteroatoms. The third-order valence-corrected chi connectivity index (χ3v) is 7.25. The van der Waals surface area contributed by atoms with Crippen molar-refractivity contribution in [3.8, 4) is 5.75 Å². The smallest absolute Gasteiger partial charge is 0.337 e. The molecule has 0 heterocycles. The number of rotatable bonds is 7. The predicted octanol–water partition coefficient (Wildman–Crippen LogP) is 4.89. The van der Waals surface area contributed by atoms with Crippen LogP contribution in [0.4, 0.5) is 11.4 Å². The highest BCUT2D eigenvalue weighted by molar-refractivity contribution is 9.10. The highest BCUT2D eigenvalue weighted by Crippen LogP contribution is 2.29. The first-order valence-corrected chi connectivity index (χ1v) is 11.9. The fourth-order valence-corrected chi connectivity index (χ4v) is 4.67. The summed E-state index contributed by atoms with van der Waals surface area (Å²) in [5.41, 5.74) is 0.205. The number of sulfonamides is 1. The van der Waals surface area contributed by atoms with Crippen molar-refractivity contribution in [1.29, 1.82) is 0 Å². The third kappa shape index (κ3) is 5.29. The third-order valence-electron chi connectivity index (χ3n) is 4.72. The van der Waals surface area contributed by atoms with Crippen molar-refractivity contribution in [2.45, 2.75) is 4.90 Å². The number of ether oxygens (including phenoxy) is 1. The van der Waals surface area contributed by atoms with E-state index in [4.69, 9.17) is 16.3 Å². The normalized spacial score (nSPS) is 11.0. The van der Waals surface area contributed by atoms with Crippen molar-refractivity contribution in [3.63, 3.8) is 0 Å². The van der Waals surface area contributed by atoms with Gasteiger partial charge in [0.1, 0.15) is 5.75 Å². The van der Waals surface area contributed by atoms with E-state index in [1.165, 1.54) is 44.5 Å². The second-order valence-corrected chi connectivity index (χ2v) is 10.1. The van der Waals surface area contributed by atoms with E-state index in [1.807, 2.05) is 0 Å². The van der Waals surface area contributed by atoms with Gasteiger partial charge in [0.05, 0.1) is 34.5 Å². The molecule has 0 aliphatic carbocycles. The summed E-state index contributed by atoms with van der Waals surface area (Å²) in [6.07, 6.45) is 0. The van der Waals surface area contributed by atoms with Gasteiger partial charge in [-0.2, -0.15) is 0 Å². The lowest BCUT2D eigenvalue weighted by Crippen LogP contribution is -2.27. The number of hydrogen-bond acceptors (Lipinski definition) is 5. The van der Waals surface area contributed by atoms with E-state index >= 15 is 0 Å². The Hall–Kier alpha value is -3.08. The predicted molar refractivity (Wildman–Crippen MR) is 129 cm³/mol. The standard InChI is InChI=1S/C22H18BrClN2O6S/c1-26(15-6-4-14(24)5-7-15)33(30,31)16-8-10-20(32-2)18(12-16)21(27)25-19-9-3-13(23)11-17(19)22(28)29/h3-12H,1-2H3,(H,25,27)(H,28,29). The Labute approximate surface area is 203 Å². The maximum atomic E-state index is 13.2. The zero-order valence-corrected chi connectivity index (χ0v) is 20.5. The molecule has 0 unspecified atom stereocenters. The minimum Gasteiger partial charge on any atom is -0.496 e. The Kier molecular flexibility index (Phi) is 7.31. The number of anilines is 2. The minimum absolute atomic E-state index is 0.0456. The number of amides is 1. The summed E-state index contributed by atoms with van der Waals surface area (Å²) in [7, 11) is -1.32. The van der Waals surface area contributed by atoms with Crippen molar-refractivity contribution in [2.24, 2.45) is 0 Å². The van der Waals surface area contributed by atoms with Crippen LogP contribution in [0, 0.1) is 0 Å². The first-order chi connectivity index (χ1) is 15.5. The van der Waals surface area contributed by atoms with Gasteiger partial charge in [-0.25, -0.2) is 13.2 Å². The van der Waals surface area contributed by atoms with Crippen molar-refractivity contribution in [1.82, 2.24) is 0 Å². The van der Waals surface area contributed by atoms with Crippen LogP contribution in [0.5, 0.6) is 5.75 Å². The van der Waals surface area contributed by atoms with E-state index < -0.39 is 21.9 Å². The Morgan fingerprint density at radius 1 is 1.03 bits per heavy atom. The van der Waals surface area contributed by atoms with Crippen LogP contribution in [0.25, 0.3) is 0 Å². The number of aromatic carboxylic acids is 1. The molecule has 172 valence electrons. The molecule has 0 aliphatic rings. The lowest BCUT2D eigenvalue weighted by molar-refractivity contribution is 0.0698. The van der Waals surface area contributed by atoms with Crippen molar-refractivity contribution < 1.29 is 27.9 Å². The lowest BCUT2D eigenvalue weighted by atomic mass is 10.1. The molecule has 8 nitrogen and oxygen atoms in total. The molecule has 1 amide bonds. The number of halogens is 2. The van der Waals surface area contributed by atoms with E-state index in [9.17, 15) is 23.1 Å². The quantitative estimate of drug-likeness (QED) is 0.431. The van der Waals surface area contributed by atoms with Crippen LogP contribution >= 0.6 is 27.5 Å². The SMILES string of the molecule is COc1ccc(S(=O)(=O)N(C)c2ccc(Cl)cc2)cc1C(=O)Nc1ccc(Br)cc1C(=O)O. The van der Waals surface area contributed by atoms with Crippen molar-refractivity contribution in [2.75, 3.05) is 23.8 Å². The summed E-state index contributed by atoms with van der Waals surface area (Å²) in [6, 6.07) is 14.4. The molecule has 0 aliphatic heterocycles. The number of carboxylic acid groups (broad SMARTS) is 1. The van der Waals surface area contributed by atoms with Gasteiger partial charge in [-0.1, -0.05) is 27.5 Å². The second-order valence-electron chi connectivity index (χ2n) is 6.76. The van der Waals surface area contributed by atoms with Gasteiger partial charge >= 0.3 is 5.97 Å². The molecule has 3 aromatic rings. The van der Waals surface area contributed by atoms with Gasteiger partial charge in [-0.05, 0) is 60.7 Å². The lowest BCUT2D eigenvalue weighted by Gasteiger charge is -2.20. The zero-order valence-electron chi connectivity index (χ0n) is 17.4. The summed E-state index contributed by atoms with van der Waals surface area (Å²) >= 11 is 9.07. The van der Waals surface area contributed by atoms with Gasteiger partial charge in [0.15, 0.2) is 0 Å². The molecule has 0 fully saturated rings. The highest BCUT2D eigenvalue weighted by atomic mass is 79.9. The fraction of sp³-hybridized carbons (Fsp3) is 0.0909. The summed E-state index contributed by atoms with van der Waals surface area (Å²) in [5.74, 6) is -1.85. The van der Waals surface area contributed by atoms with Gasteiger partial charge in [0.25, 0.3) is 15.9 Å². The number of carbonyl (C=O) groups is 2. The average molecular weight is 554 g/mol. The number of nitrogens with one attached hydrogen (secondary N) is 1. The molecule has 2 N–H and O–H groups in total. The number of benzene rings is 3. The number of carboxylic acids is 1. The van der Waals surface area contributed by atoms with Gasteiger partial charge in [-0.3, -0.25) is 9.10 Å². The molecule has 0 radical (unpaired) electrons. The summed E-state index contributed by atoms with van der Waals surface area (Å²) in [6.45, 7) is 0. The number of nitrogens with zero attached hydrogens (tertiary/aromatic N) is 1. The van der Waals surface area contributed by atoms with Crippen LogP contribution in [0.3, 0.4) is 0 Å². The molecular formula is C22H18BrClN2O6S. The molecule has 0 bridgehead atoms. The van der Waals surface area contributed by atoms with E-state index in [0.29, 0.717) is 15.2 Å². The van der Waals surface area contributed by atoms with E-state index in [-0.39, 0.29) is 27.5 Å².